The highest BCUT2D eigenvalue weighted by atomic mass is 16.5. The minimum absolute atomic E-state index is 0.199. The van der Waals surface area contributed by atoms with Crippen LogP contribution in [0.3, 0.4) is 0 Å². The van der Waals surface area contributed by atoms with E-state index in [0.717, 1.165) is 41.4 Å². The Morgan fingerprint density at radius 3 is 2.58 bits per heavy atom. The Balaban J connectivity index is 1.49. The highest BCUT2D eigenvalue weighted by Gasteiger charge is 2.34. The van der Waals surface area contributed by atoms with Gasteiger partial charge in [0, 0.05) is 22.7 Å². The molecular weight excluding hydrogens is 390 g/mol. The maximum Gasteiger partial charge on any atom is 0.251 e. The summed E-state index contributed by atoms with van der Waals surface area (Å²) in [5, 5.41) is 13.0. The molecule has 2 aromatic carbocycles. The fourth-order valence-corrected chi connectivity index (χ4v) is 4.48. The second kappa shape index (κ2) is 8.86. The molecular formula is C25H27N3O3. The number of aryl methyl sites for hydroxylation is 2. The third-order valence-electron chi connectivity index (χ3n) is 6.07. The van der Waals surface area contributed by atoms with E-state index in [2.05, 4.69) is 41.5 Å². The van der Waals surface area contributed by atoms with Crippen molar-refractivity contribution in [1.29, 1.82) is 0 Å². The van der Waals surface area contributed by atoms with Gasteiger partial charge in [-0.05, 0) is 74.6 Å². The van der Waals surface area contributed by atoms with Crippen LogP contribution in [-0.2, 0) is 11.2 Å². The number of hydrogen-bond donors (Lipinski definition) is 3. The third-order valence-corrected chi connectivity index (χ3v) is 6.07. The largest absolute Gasteiger partial charge is 0.349 e. The van der Waals surface area contributed by atoms with Crippen molar-refractivity contribution in [2.24, 2.45) is 5.92 Å². The van der Waals surface area contributed by atoms with Crippen LogP contribution in [0.25, 0.3) is 10.9 Å². The second-order valence-electron chi connectivity index (χ2n) is 8.41. The first-order valence-electron chi connectivity index (χ1n) is 10.7. The molecule has 0 saturated heterocycles. The van der Waals surface area contributed by atoms with Crippen molar-refractivity contribution in [1.82, 2.24) is 15.8 Å². The monoisotopic (exact) mass is 417 g/mol. The maximum atomic E-state index is 12.7. The van der Waals surface area contributed by atoms with E-state index in [0.29, 0.717) is 12.0 Å². The van der Waals surface area contributed by atoms with Gasteiger partial charge in [-0.25, -0.2) is 5.48 Å². The van der Waals surface area contributed by atoms with Crippen LogP contribution in [-0.4, -0.2) is 28.0 Å². The molecule has 0 bridgehead atoms. The van der Waals surface area contributed by atoms with E-state index in [1.165, 1.54) is 11.1 Å². The number of rotatable bonds is 5. The zero-order valence-electron chi connectivity index (χ0n) is 17.8. The van der Waals surface area contributed by atoms with E-state index in [4.69, 9.17) is 5.21 Å². The number of nitrogens with zero attached hydrogens (tertiary/aromatic N) is 1. The highest BCUT2D eigenvalue weighted by molar-refractivity contribution is 5.95. The van der Waals surface area contributed by atoms with E-state index in [9.17, 15) is 9.59 Å². The van der Waals surface area contributed by atoms with E-state index < -0.39 is 5.91 Å². The number of benzene rings is 2. The van der Waals surface area contributed by atoms with Crippen LogP contribution in [0.15, 0.2) is 48.5 Å². The molecule has 3 N–H and O–H groups in total. The normalized spacial score (nSPS) is 18.2. The summed E-state index contributed by atoms with van der Waals surface area (Å²) in [6.45, 7) is 4.08. The lowest BCUT2D eigenvalue weighted by atomic mass is 9.98. The molecule has 6 nitrogen and oxygen atoms in total. The molecule has 1 fully saturated rings. The Bertz CT molecular complexity index is 1120. The number of hydrogen-bond acceptors (Lipinski definition) is 4. The molecule has 0 aliphatic heterocycles. The van der Waals surface area contributed by atoms with Gasteiger partial charge in [0.05, 0.1) is 11.4 Å². The van der Waals surface area contributed by atoms with Gasteiger partial charge < -0.3 is 5.32 Å². The van der Waals surface area contributed by atoms with Crippen LogP contribution in [0.4, 0.5) is 0 Å². The molecule has 1 heterocycles. The second-order valence-corrected chi connectivity index (χ2v) is 8.41. The number of nitrogens with one attached hydrogen (secondary N) is 2. The van der Waals surface area contributed by atoms with Gasteiger partial charge in [0.15, 0.2) is 0 Å². The van der Waals surface area contributed by atoms with Gasteiger partial charge in [0.2, 0.25) is 5.91 Å². The number of pyridine rings is 1. The number of aromatic nitrogens is 1. The highest BCUT2D eigenvalue weighted by Crippen LogP contribution is 2.26. The maximum absolute atomic E-state index is 12.7. The summed E-state index contributed by atoms with van der Waals surface area (Å²) >= 11 is 0. The van der Waals surface area contributed by atoms with Gasteiger partial charge in [-0.3, -0.25) is 19.8 Å². The minimum Gasteiger partial charge on any atom is -0.349 e. The van der Waals surface area contributed by atoms with Crippen molar-refractivity contribution in [3.05, 3.63) is 76.5 Å². The van der Waals surface area contributed by atoms with Crippen LogP contribution in [0.5, 0.6) is 0 Å². The van der Waals surface area contributed by atoms with Gasteiger partial charge in [-0.2, -0.15) is 0 Å². The predicted molar refractivity (Wildman–Crippen MR) is 119 cm³/mol. The van der Waals surface area contributed by atoms with Crippen LogP contribution in [0, 0.1) is 19.8 Å². The fraction of sp³-hybridized carbons (Fsp3) is 0.320. The molecule has 1 saturated carbocycles. The van der Waals surface area contributed by atoms with E-state index in [-0.39, 0.29) is 17.9 Å². The van der Waals surface area contributed by atoms with Crippen molar-refractivity contribution in [3.63, 3.8) is 0 Å². The van der Waals surface area contributed by atoms with Crippen LogP contribution in [0.1, 0.15) is 52.0 Å². The van der Waals surface area contributed by atoms with Crippen LogP contribution >= 0.6 is 0 Å². The molecule has 4 rings (SSSR count). The van der Waals surface area contributed by atoms with Crippen molar-refractivity contribution in [2.75, 3.05) is 0 Å². The van der Waals surface area contributed by atoms with Crippen molar-refractivity contribution < 1.29 is 14.8 Å². The topological polar surface area (TPSA) is 91.3 Å². The summed E-state index contributed by atoms with van der Waals surface area (Å²) in [6, 6.07) is 15.7. The smallest absolute Gasteiger partial charge is 0.251 e. The van der Waals surface area contributed by atoms with E-state index in [1.807, 2.05) is 31.2 Å². The molecule has 1 aliphatic rings. The molecule has 160 valence electrons. The number of amides is 2. The Kier molecular flexibility index (Phi) is 6.00. The zero-order chi connectivity index (χ0) is 22.0. The summed E-state index contributed by atoms with van der Waals surface area (Å²) in [6.07, 6.45) is 3.00. The van der Waals surface area contributed by atoms with Gasteiger partial charge >= 0.3 is 0 Å². The molecule has 1 aliphatic carbocycles. The molecule has 0 spiro atoms. The third kappa shape index (κ3) is 4.59. The predicted octanol–water partition coefficient (Wildman–Crippen LogP) is 3.85. The zero-order valence-corrected chi connectivity index (χ0v) is 17.8. The van der Waals surface area contributed by atoms with Crippen LogP contribution < -0.4 is 10.8 Å². The van der Waals surface area contributed by atoms with E-state index >= 15 is 0 Å². The summed E-state index contributed by atoms with van der Waals surface area (Å²) in [5.74, 6) is -1.02. The SMILES string of the molecule is Cc1ccc2nc(C)cc(Cc3ccc(C(=O)N[C@H]4CCC[C@H]4C(=O)NO)cc3)c2c1. The number of carbonyl (C=O) groups is 2. The van der Waals surface area contributed by atoms with Gasteiger partial charge in [0.25, 0.3) is 5.91 Å². The first-order valence-corrected chi connectivity index (χ1v) is 10.7. The van der Waals surface area contributed by atoms with E-state index in [1.54, 1.807) is 5.48 Å². The number of fused-ring (bicyclic) bond motifs is 1. The minimum atomic E-state index is -0.437. The molecule has 2 atom stereocenters. The molecule has 31 heavy (non-hydrogen) atoms. The quantitative estimate of drug-likeness (QED) is 0.434. The number of hydroxylamine groups is 1. The average Bonchev–Trinajstić information content (AvgIpc) is 3.22. The molecule has 0 radical (unpaired) electrons. The summed E-state index contributed by atoms with van der Waals surface area (Å²) in [7, 11) is 0. The Morgan fingerprint density at radius 2 is 1.84 bits per heavy atom. The molecule has 0 unspecified atom stereocenters. The van der Waals surface area contributed by atoms with Crippen molar-refractivity contribution in [3.8, 4) is 0 Å². The fourth-order valence-electron chi connectivity index (χ4n) is 4.48. The van der Waals surface area contributed by atoms with Gasteiger partial charge in [0.1, 0.15) is 0 Å². The summed E-state index contributed by atoms with van der Waals surface area (Å²) in [4.78, 5) is 29.1. The molecule has 6 heteroatoms. The van der Waals surface area contributed by atoms with Gasteiger partial charge in [-0.1, -0.05) is 30.2 Å². The van der Waals surface area contributed by atoms with Crippen LogP contribution in [0.2, 0.25) is 0 Å². The first-order chi connectivity index (χ1) is 14.9. The Hall–Kier alpha value is -3.25. The lowest BCUT2D eigenvalue weighted by Gasteiger charge is -2.19. The number of carbonyl (C=O) groups excluding carboxylic acids is 2. The Labute approximate surface area is 181 Å². The lowest BCUT2D eigenvalue weighted by Crippen LogP contribution is -2.43. The Morgan fingerprint density at radius 1 is 1.06 bits per heavy atom. The van der Waals surface area contributed by atoms with Crippen molar-refractivity contribution in [2.45, 2.75) is 45.6 Å². The lowest BCUT2D eigenvalue weighted by molar-refractivity contribution is -0.133. The van der Waals surface area contributed by atoms with Crippen molar-refractivity contribution >= 4 is 22.7 Å². The van der Waals surface area contributed by atoms with Gasteiger partial charge in [-0.15, -0.1) is 0 Å². The summed E-state index contributed by atoms with van der Waals surface area (Å²) in [5.41, 5.74) is 7.78. The average molecular weight is 418 g/mol. The molecule has 3 aromatic rings. The standard InChI is InChI=1S/C25H27N3O3/c1-15-6-11-23-21(12-15)19(13-16(2)26-23)14-17-7-9-18(10-8-17)24(29)27-22-5-3-4-20(22)25(30)28-31/h6-13,20,22,31H,3-5,14H2,1-2H3,(H,27,29)(H,28,30)/t20-,22+/m1/s1. The summed E-state index contributed by atoms with van der Waals surface area (Å²) < 4.78 is 0. The first kappa shape index (κ1) is 21.0. The molecule has 1 aromatic heterocycles. The molecule has 2 amide bonds.